The summed E-state index contributed by atoms with van der Waals surface area (Å²) < 4.78 is 2.05. The molecule has 6 nitrogen and oxygen atoms in total. The van der Waals surface area contributed by atoms with Gasteiger partial charge in [0.25, 0.3) is 5.91 Å². The van der Waals surface area contributed by atoms with Gasteiger partial charge in [0.1, 0.15) is 5.82 Å². The number of nitrogens with one attached hydrogen (secondary N) is 2. The number of rotatable bonds is 6. The molecule has 0 saturated heterocycles. The number of fused-ring (bicyclic) bond motifs is 1. The normalized spacial score (nSPS) is 19.5. The summed E-state index contributed by atoms with van der Waals surface area (Å²) in [5.74, 6) is 2.09. The Morgan fingerprint density at radius 3 is 2.72 bits per heavy atom. The number of hydrogen-bond donors (Lipinski definition) is 2. The molecule has 1 aromatic carbocycles. The molecule has 2 aromatic rings. The molecule has 0 radical (unpaired) electrons. The number of aryl methyl sites for hydroxylation is 2. The SMILES string of the molecule is CCc1nc2n(n1)CC(NCc1ccc(C(=O)NC3CC3)cc1)CC2. The molecule has 4 rings (SSSR count). The molecule has 0 spiro atoms. The maximum Gasteiger partial charge on any atom is 0.251 e. The zero-order valence-electron chi connectivity index (χ0n) is 14.7. The molecule has 2 N–H and O–H groups in total. The van der Waals surface area contributed by atoms with Crippen LogP contribution in [0.5, 0.6) is 0 Å². The minimum Gasteiger partial charge on any atom is -0.349 e. The van der Waals surface area contributed by atoms with Crippen LogP contribution in [0.1, 0.15) is 53.8 Å². The quantitative estimate of drug-likeness (QED) is 0.842. The molecule has 6 heteroatoms. The van der Waals surface area contributed by atoms with Crippen LogP contribution >= 0.6 is 0 Å². The van der Waals surface area contributed by atoms with Crippen molar-refractivity contribution >= 4 is 5.91 Å². The molecule has 25 heavy (non-hydrogen) atoms. The average molecular weight is 339 g/mol. The van der Waals surface area contributed by atoms with E-state index in [1.54, 1.807) is 0 Å². The third kappa shape index (κ3) is 3.90. The van der Waals surface area contributed by atoms with Crippen LogP contribution in [0.25, 0.3) is 0 Å². The summed E-state index contributed by atoms with van der Waals surface area (Å²) in [5, 5.41) is 11.2. The Balaban J connectivity index is 1.30. The highest BCUT2D eigenvalue weighted by Gasteiger charge is 2.24. The van der Waals surface area contributed by atoms with E-state index in [1.807, 2.05) is 28.9 Å². The van der Waals surface area contributed by atoms with Crippen molar-refractivity contribution in [3.8, 4) is 0 Å². The van der Waals surface area contributed by atoms with E-state index >= 15 is 0 Å². The van der Waals surface area contributed by atoms with Crippen LogP contribution in [0.2, 0.25) is 0 Å². The van der Waals surface area contributed by atoms with Gasteiger partial charge in [0.2, 0.25) is 0 Å². The second kappa shape index (κ2) is 6.96. The minimum atomic E-state index is 0.0414. The fourth-order valence-electron chi connectivity index (χ4n) is 3.21. The molecule has 1 atom stereocenters. The van der Waals surface area contributed by atoms with Crippen molar-refractivity contribution in [1.82, 2.24) is 25.4 Å². The van der Waals surface area contributed by atoms with Crippen molar-refractivity contribution < 1.29 is 4.79 Å². The van der Waals surface area contributed by atoms with Crippen LogP contribution in [0, 0.1) is 0 Å². The molecule has 1 aliphatic heterocycles. The average Bonchev–Trinajstić information content (AvgIpc) is 3.35. The lowest BCUT2D eigenvalue weighted by Crippen LogP contribution is -2.37. The van der Waals surface area contributed by atoms with E-state index in [1.165, 1.54) is 5.56 Å². The highest BCUT2D eigenvalue weighted by Crippen LogP contribution is 2.19. The van der Waals surface area contributed by atoms with Gasteiger partial charge in [-0.2, -0.15) is 5.10 Å². The maximum atomic E-state index is 12.0. The standard InChI is InChI=1S/C19H25N5O/c1-2-17-22-18-10-9-16(12-24(18)23-17)20-11-13-3-5-14(6-4-13)19(25)21-15-7-8-15/h3-6,15-16,20H,2,7-12H2,1H3,(H,21,25). The Bertz CT molecular complexity index is 748. The summed E-state index contributed by atoms with van der Waals surface area (Å²) in [6.07, 6.45) is 5.18. The topological polar surface area (TPSA) is 71.8 Å². The number of aromatic nitrogens is 3. The number of carbonyl (C=O) groups is 1. The maximum absolute atomic E-state index is 12.0. The monoisotopic (exact) mass is 339 g/mol. The van der Waals surface area contributed by atoms with Crippen molar-refractivity contribution in [2.24, 2.45) is 0 Å². The van der Waals surface area contributed by atoms with Crippen LogP contribution in [-0.4, -0.2) is 32.8 Å². The molecule has 1 aliphatic carbocycles. The van der Waals surface area contributed by atoms with E-state index < -0.39 is 0 Å². The first-order valence-corrected chi connectivity index (χ1v) is 9.27. The predicted molar refractivity (Wildman–Crippen MR) is 95.3 cm³/mol. The molecule has 1 amide bonds. The van der Waals surface area contributed by atoms with Gasteiger partial charge in [-0.3, -0.25) is 4.79 Å². The van der Waals surface area contributed by atoms with Gasteiger partial charge >= 0.3 is 0 Å². The van der Waals surface area contributed by atoms with Crippen LogP contribution in [-0.2, 0) is 25.9 Å². The molecule has 132 valence electrons. The van der Waals surface area contributed by atoms with E-state index in [-0.39, 0.29) is 5.91 Å². The Morgan fingerprint density at radius 1 is 1.20 bits per heavy atom. The zero-order valence-corrected chi connectivity index (χ0v) is 14.7. The van der Waals surface area contributed by atoms with Gasteiger partial charge in [-0.25, -0.2) is 9.67 Å². The van der Waals surface area contributed by atoms with E-state index in [0.717, 1.165) is 62.4 Å². The number of hydrogen-bond acceptors (Lipinski definition) is 4. The molecule has 1 unspecified atom stereocenters. The molecule has 0 bridgehead atoms. The summed E-state index contributed by atoms with van der Waals surface area (Å²) in [6, 6.07) is 8.71. The highest BCUT2D eigenvalue weighted by molar-refractivity contribution is 5.94. The van der Waals surface area contributed by atoms with Crippen LogP contribution < -0.4 is 10.6 Å². The Kier molecular flexibility index (Phi) is 4.53. The van der Waals surface area contributed by atoms with E-state index in [0.29, 0.717) is 12.1 Å². The number of carbonyl (C=O) groups excluding carboxylic acids is 1. The lowest BCUT2D eigenvalue weighted by atomic mass is 10.1. The van der Waals surface area contributed by atoms with Crippen molar-refractivity contribution in [3.63, 3.8) is 0 Å². The first-order chi connectivity index (χ1) is 12.2. The highest BCUT2D eigenvalue weighted by atomic mass is 16.1. The fourth-order valence-corrected chi connectivity index (χ4v) is 3.21. The first-order valence-electron chi connectivity index (χ1n) is 9.27. The van der Waals surface area contributed by atoms with Crippen molar-refractivity contribution in [3.05, 3.63) is 47.0 Å². The first kappa shape index (κ1) is 16.3. The van der Waals surface area contributed by atoms with Crippen LogP contribution in [0.4, 0.5) is 0 Å². The fraction of sp³-hybridized carbons (Fsp3) is 0.526. The summed E-state index contributed by atoms with van der Waals surface area (Å²) >= 11 is 0. The Hall–Kier alpha value is -2.21. The molecule has 1 saturated carbocycles. The van der Waals surface area contributed by atoms with Gasteiger partial charge in [0.15, 0.2) is 5.82 Å². The largest absolute Gasteiger partial charge is 0.349 e. The number of amides is 1. The van der Waals surface area contributed by atoms with Crippen molar-refractivity contribution in [2.45, 2.75) is 64.2 Å². The molecular formula is C19H25N5O. The zero-order chi connectivity index (χ0) is 17.2. The van der Waals surface area contributed by atoms with Gasteiger partial charge in [-0.15, -0.1) is 0 Å². The number of nitrogens with zero attached hydrogens (tertiary/aromatic N) is 3. The smallest absolute Gasteiger partial charge is 0.251 e. The van der Waals surface area contributed by atoms with Crippen LogP contribution in [0.15, 0.2) is 24.3 Å². The second-order valence-corrected chi connectivity index (χ2v) is 7.04. The number of benzene rings is 1. The Labute approximate surface area is 148 Å². The third-order valence-corrected chi connectivity index (χ3v) is 4.94. The summed E-state index contributed by atoms with van der Waals surface area (Å²) in [4.78, 5) is 16.6. The minimum absolute atomic E-state index is 0.0414. The van der Waals surface area contributed by atoms with Gasteiger partial charge in [-0.1, -0.05) is 19.1 Å². The van der Waals surface area contributed by atoms with Gasteiger partial charge in [-0.05, 0) is 37.0 Å². The van der Waals surface area contributed by atoms with Gasteiger partial charge < -0.3 is 10.6 Å². The second-order valence-electron chi connectivity index (χ2n) is 7.04. The third-order valence-electron chi connectivity index (χ3n) is 4.94. The molecule has 2 aliphatic rings. The molecule has 1 fully saturated rings. The summed E-state index contributed by atoms with van der Waals surface area (Å²) in [5.41, 5.74) is 1.94. The van der Waals surface area contributed by atoms with Gasteiger partial charge in [0, 0.05) is 37.0 Å². The molecule has 2 heterocycles. The van der Waals surface area contributed by atoms with E-state index in [2.05, 4.69) is 27.6 Å². The van der Waals surface area contributed by atoms with Crippen LogP contribution in [0.3, 0.4) is 0 Å². The van der Waals surface area contributed by atoms with E-state index in [4.69, 9.17) is 0 Å². The molecular weight excluding hydrogens is 314 g/mol. The van der Waals surface area contributed by atoms with Gasteiger partial charge in [0.05, 0.1) is 6.54 Å². The molecule has 1 aromatic heterocycles. The lowest BCUT2D eigenvalue weighted by Gasteiger charge is -2.23. The lowest BCUT2D eigenvalue weighted by molar-refractivity contribution is 0.0951. The van der Waals surface area contributed by atoms with Crippen molar-refractivity contribution in [2.75, 3.05) is 0 Å². The van der Waals surface area contributed by atoms with Crippen molar-refractivity contribution in [1.29, 1.82) is 0 Å². The van der Waals surface area contributed by atoms with E-state index in [9.17, 15) is 4.79 Å². The summed E-state index contributed by atoms with van der Waals surface area (Å²) in [7, 11) is 0. The summed E-state index contributed by atoms with van der Waals surface area (Å²) in [6.45, 7) is 3.77. The predicted octanol–water partition coefficient (Wildman–Crippen LogP) is 1.84. The Morgan fingerprint density at radius 2 is 2.00 bits per heavy atom.